The van der Waals surface area contributed by atoms with E-state index in [-0.39, 0.29) is 0 Å². The Morgan fingerprint density at radius 3 is 2.85 bits per heavy atom. The maximum absolute atomic E-state index is 5.72. The SMILES string of the molecule is NCC(c1ccccn1)C1COC1. The third-order valence-corrected chi connectivity index (χ3v) is 2.55. The first kappa shape index (κ1) is 8.66. The van der Waals surface area contributed by atoms with Crippen LogP contribution in [0.1, 0.15) is 11.6 Å². The van der Waals surface area contributed by atoms with Crippen LogP contribution >= 0.6 is 0 Å². The van der Waals surface area contributed by atoms with Crippen molar-refractivity contribution in [3.8, 4) is 0 Å². The Hall–Kier alpha value is -0.930. The van der Waals surface area contributed by atoms with Crippen molar-refractivity contribution in [2.24, 2.45) is 11.7 Å². The number of hydrogen-bond donors (Lipinski definition) is 1. The summed E-state index contributed by atoms with van der Waals surface area (Å²) < 4.78 is 5.16. The lowest BCUT2D eigenvalue weighted by molar-refractivity contribution is -0.0442. The molecule has 2 heterocycles. The number of nitrogens with zero attached hydrogens (tertiary/aromatic N) is 1. The van der Waals surface area contributed by atoms with Crippen LogP contribution in [0.2, 0.25) is 0 Å². The number of hydrogen-bond acceptors (Lipinski definition) is 3. The molecule has 0 saturated carbocycles. The third-order valence-electron chi connectivity index (χ3n) is 2.55. The van der Waals surface area contributed by atoms with Crippen molar-refractivity contribution in [2.45, 2.75) is 5.92 Å². The van der Waals surface area contributed by atoms with E-state index in [1.54, 1.807) is 0 Å². The fraction of sp³-hybridized carbons (Fsp3) is 0.500. The molecule has 1 fully saturated rings. The van der Waals surface area contributed by atoms with E-state index in [1.165, 1.54) is 0 Å². The molecule has 0 radical (unpaired) electrons. The largest absolute Gasteiger partial charge is 0.381 e. The highest BCUT2D eigenvalue weighted by molar-refractivity contribution is 5.12. The van der Waals surface area contributed by atoms with Crippen molar-refractivity contribution in [3.05, 3.63) is 30.1 Å². The van der Waals surface area contributed by atoms with Crippen LogP contribution in [-0.2, 0) is 4.74 Å². The Morgan fingerprint density at radius 2 is 2.38 bits per heavy atom. The number of aromatic nitrogens is 1. The predicted octanol–water partition coefficient (Wildman–Crippen LogP) is 0.770. The van der Waals surface area contributed by atoms with Gasteiger partial charge in [0, 0.05) is 30.3 Å². The quantitative estimate of drug-likeness (QED) is 0.743. The number of pyridine rings is 1. The Labute approximate surface area is 77.9 Å². The van der Waals surface area contributed by atoms with E-state index in [9.17, 15) is 0 Å². The van der Waals surface area contributed by atoms with Gasteiger partial charge in [-0.05, 0) is 12.1 Å². The number of rotatable bonds is 3. The molecule has 0 aliphatic carbocycles. The van der Waals surface area contributed by atoms with Crippen LogP contribution in [0, 0.1) is 5.92 Å². The van der Waals surface area contributed by atoms with Crippen LogP contribution in [0.25, 0.3) is 0 Å². The zero-order chi connectivity index (χ0) is 9.10. The summed E-state index contributed by atoms with van der Waals surface area (Å²) in [6, 6.07) is 5.97. The second kappa shape index (κ2) is 3.85. The van der Waals surface area contributed by atoms with E-state index in [4.69, 9.17) is 10.5 Å². The normalized spacial score (nSPS) is 19.5. The summed E-state index contributed by atoms with van der Waals surface area (Å²) in [5.74, 6) is 0.940. The lowest BCUT2D eigenvalue weighted by Crippen LogP contribution is -2.36. The smallest absolute Gasteiger partial charge is 0.0523 e. The molecular weight excluding hydrogens is 164 g/mol. The molecule has 0 bridgehead atoms. The number of nitrogens with two attached hydrogens (primary N) is 1. The van der Waals surface area contributed by atoms with Crippen molar-refractivity contribution >= 4 is 0 Å². The zero-order valence-electron chi connectivity index (χ0n) is 7.52. The van der Waals surface area contributed by atoms with E-state index < -0.39 is 0 Å². The van der Waals surface area contributed by atoms with Crippen LogP contribution in [0.15, 0.2) is 24.4 Å². The molecule has 0 amide bonds. The van der Waals surface area contributed by atoms with Gasteiger partial charge in [0.05, 0.1) is 13.2 Å². The van der Waals surface area contributed by atoms with Crippen LogP contribution in [-0.4, -0.2) is 24.7 Å². The van der Waals surface area contributed by atoms with Gasteiger partial charge in [0.15, 0.2) is 0 Å². The van der Waals surface area contributed by atoms with Crippen molar-refractivity contribution < 1.29 is 4.74 Å². The molecule has 1 aromatic rings. The topological polar surface area (TPSA) is 48.1 Å². The van der Waals surface area contributed by atoms with Crippen LogP contribution in [0.4, 0.5) is 0 Å². The van der Waals surface area contributed by atoms with Gasteiger partial charge in [-0.2, -0.15) is 0 Å². The van der Waals surface area contributed by atoms with Crippen LogP contribution < -0.4 is 5.73 Å². The monoisotopic (exact) mass is 178 g/mol. The molecule has 1 atom stereocenters. The molecular formula is C10H14N2O. The molecule has 3 nitrogen and oxygen atoms in total. The zero-order valence-corrected chi connectivity index (χ0v) is 7.52. The average molecular weight is 178 g/mol. The van der Waals surface area contributed by atoms with Crippen molar-refractivity contribution in [1.82, 2.24) is 4.98 Å². The van der Waals surface area contributed by atoms with E-state index in [0.717, 1.165) is 18.9 Å². The van der Waals surface area contributed by atoms with E-state index in [2.05, 4.69) is 4.98 Å². The Kier molecular flexibility index (Phi) is 2.57. The molecule has 2 N–H and O–H groups in total. The fourth-order valence-electron chi connectivity index (χ4n) is 1.64. The highest BCUT2D eigenvalue weighted by Crippen LogP contribution is 2.27. The Morgan fingerprint density at radius 1 is 1.54 bits per heavy atom. The second-order valence-electron chi connectivity index (χ2n) is 3.39. The molecule has 2 rings (SSSR count). The molecule has 1 aliphatic heterocycles. The van der Waals surface area contributed by atoms with Gasteiger partial charge in [0.2, 0.25) is 0 Å². The Bertz CT molecular complexity index is 259. The molecule has 1 saturated heterocycles. The second-order valence-corrected chi connectivity index (χ2v) is 3.39. The van der Waals surface area contributed by atoms with Gasteiger partial charge in [-0.3, -0.25) is 4.98 Å². The van der Waals surface area contributed by atoms with Crippen LogP contribution in [0.3, 0.4) is 0 Å². The van der Waals surface area contributed by atoms with E-state index >= 15 is 0 Å². The van der Waals surface area contributed by atoms with Crippen molar-refractivity contribution in [1.29, 1.82) is 0 Å². The Balaban J connectivity index is 2.12. The van der Waals surface area contributed by atoms with Gasteiger partial charge in [0.1, 0.15) is 0 Å². The van der Waals surface area contributed by atoms with Crippen molar-refractivity contribution in [2.75, 3.05) is 19.8 Å². The van der Waals surface area contributed by atoms with Crippen LogP contribution in [0.5, 0.6) is 0 Å². The first-order chi connectivity index (χ1) is 6.42. The third kappa shape index (κ3) is 1.71. The van der Waals surface area contributed by atoms with Gasteiger partial charge in [-0.25, -0.2) is 0 Å². The first-order valence-electron chi connectivity index (χ1n) is 4.60. The summed E-state index contributed by atoms with van der Waals surface area (Å²) >= 11 is 0. The van der Waals surface area contributed by atoms with Gasteiger partial charge in [-0.1, -0.05) is 6.07 Å². The predicted molar refractivity (Wildman–Crippen MR) is 50.3 cm³/mol. The minimum atomic E-state index is 0.370. The summed E-state index contributed by atoms with van der Waals surface area (Å²) in [7, 11) is 0. The lowest BCUT2D eigenvalue weighted by Gasteiger charge is -2.32. The minimum absolute atomic E-state index is 0.370. The van der Waals surface area contributed by atoms with Crippen molar-refractivity contribution in [3.63, 3.8) is 0 Å². The molecule has 0 aromatic carbocycles. The molecule has 0 spiro atoms. The molecule has 1 aliphatic rings. The standard InChI is InChI=1S/C10H14N2O/c11-5-9(8-6-13-7-8)10-3-1-2-4-12-10/h1-4,8-9H,5-7,11H2. The van der Waals surface area contributed by atoms with Gasteiger partial charge < -0.3 is 10.5 Å². The van der Waals surface area contributed by atoms with E-state index in [1.807, 2.05) is 24.4 Å². The van der Waals surface area contributed by atoms with Gasteiger partial charge >= 0.3 is 0 Å². The summed E-state index contributed by atoms with van der Waals surface area (Å²) in [4.78, 5) is 4.32. The first-order valence-corrected chi connectivity index (χ1v) is 4.60. The average Bonchev–Trinajstić information content (AvgIpc) is 2.12. The lowest BCUT2D eigenvalue weighted by atomic mass is 9.88. The summed E-state index contributed by atoms with van der Waals surface area (Å²) in [5.41, 5.74) is 6.82. The summed E-state index contributed by atoms with van der Waals surface area (Å²) in [5, 5.41) is 0. The van der Waals surface area contributed by atoms with E-state index in [0.29, 0.717) is 18.4 Å². The highest BCUT2D eigenvalue weighted by atomic mass is 16.5. The number of ether oxygens (including phenoxy) is 1. The summed E-state index contributed by atoms with van der Waals surface area (Å²) in [6.07, 6.45) is 1.82. The van der Waals surface area contributed by atoms with Gasteiger partial charge in [-0.15, -0.1) is 0 Å². The maximum Gasteiger partial charge on any atom is 0.0523 e. The molecule has 3 heteroatoms. The minimum Gasteiger partial charge on any atom is -0.381 e. The molecule has 1 aromatic heterocycles. The highest BCUT2D eigenvalue weighted by Gasteiger charge is 2.29. The fourth-order valence-corrected chi connectivity index (χ4v) is 1.64. The maximum atomic E-state index is 5.72. The molecule has 1 unspecified atom stereocenters. The molecule has 13 heavy (non-hydrogen) atoms. The van der Waals surface area contributed by atoms with Gasteiger partial charge in [0.25, 0.3) is 0 Å². The molecule has 70 valence electrons. The summed E-state index contributed by atoms with van der Waals surface area (Å²) in [6.45, 7) is 2.32.